The Balaban J connectivity index is 1.76. The molecule has 3 rings (SSSR count). The summed E-state index contributed by atoms with van der Waals surface area (Å²) in [6.07, 6.45) is 0.174. The number of hydrogen-bond acceptors (Lipinski definition) is 5. The summed E-state index contributed by atoms with van der Waals surface area (Å²) in [5.74, 6) is 0.419. The lowest BCUT2D eigenvalue weighted by atomic mass is 10.1. The fourth-order valence-electron chi connectivity index (χ4n) is 2.38. The molecule has 0 spiro atoms. The first-order valence-corrected chi connectivity index (χ1v) is 7.54. The summed E-state index contributed by atoms with van der Waals surface area (Å²) in [6.45, 7) is 1.66. The molecule has 1 aromatic heterocycles. The van der Waals surface area contributed by atoms with Crippen molar-refractivity contribution in [3.8, 4) is 11.4 Å². The number of tetrazole rings is 1. The van der Waals surface area contributed by atoms with Crippen LogP contribution in [0.15, 0.2) is 42.5 Å². The van der Waals surface area contributed by atoms with Crippen LogP contribution in [0.25, 0.3) is 5.69 Å². The lowest BCUT2D eigenvalue weighted by molar-refractivity contribution is -0.115. The van der Waals surface area contributed by atoms with Gasteiger partial charge in [-0.15, -0.1) is 5.10 Å². The monoisotopic (exact) mass is 341 g/mol. The van der Waals surface area contributed by atoms with E-state index in [-0.39, 0.29) is 18.0 Å². The van der Waals surface area contributed by atoms with Gasteiger partial charge in [-0.05, 0) is 53.2 Å². The topological polar surface area (TPSA) is 81.9 Å². The maximum atomic E-state index is 14.0. The molecule has 25 heavy (non-hydrogen) atoms. The van der Waals surface area contributed by atoms with E-state index in [0.29, 0.717) is 17.3 Å². The van der Waals surface area contributed by atoms with E-state index in [4.69, 9.17) is 4.74 Å². The average Bonchev–Trinajstić information content (AvgIpc) is 3.02. The molecule has 7 nitrogen and oxygen atoms in total. The van der Waals surface area contributed by atoms with Crippen molar-refractivity contribution < 1.29 is 13.9 Å². The van der Waals surface area contributed by atoms with Gasteiger partial charge in [0.05, 0.1) is 13.5 Å². The standard InChI is InChI=1S/C17H16FN5O2/c1-11-20-21-22-23(11)16-10-13(6-7-15(16)18)19-17(24)9-12-4-3-5-14(8-12)25-2/h3-8,10H,9H2,1-2H3,(H,19,24). The summed E-state index contributed by atoms with van der Waals surface area (Å²) < 4.78 is 20.4. The number of nitrogens with one attached hydrogen (secondary N) is 1. The number of aromatic nitrogens is 4. The number of anilines is 1. The van der Waals surface area contributed by atoms with E-state index >= 15 is 0 Å². The SMILES string of the molecule is COc1cccc(CC(=O)Nc2ccc(F)c(-n3nnnc3C)c2)c1. The first-order valence-electron chi connectivity index (χ1n) is 7.54. The fraction of sp³-hybridized carbons (Fsp3) is 0.176. The molecule has 128 valence electrons. The Bertz CT molecular complexity index is 910. The molecule has 0 saturated heterocycles. The van der Waals surface area contributed by atoms with E-state index in [1.54, 1.807) is 20.1 Å². The highest BCUT2D eigenvalue weighted by atomic mass is 19.1. The average molecular weight is 341 g/mol. The van der Waals surface area contributed by atoms with E-state index in [2.05, 4.69) is 20.8 Å². The molecule has 0 saturated carbocycles. The van der Waals surface area contributed by atoms with E-state index in [1.807, 2.05) is 18.2 Å². The molecule has 0 fully saturated rings. The Labute approximate surface area is 143 Å². The quantitative estimate of drug-likeness (QED) is 0.770. The zero-order valence-corrected chi connectivity index (χ0v) is 13.7. The van der Waals surface area contributed by atoms with E-state index in [1.165, 1.54) is 22.9 Å². The number of hydrogen-bond donors (Lipinski definition) is 1. The van der Waals surface area contributed by atoms with Crippen molar-refractivity contribution in [1.82, 2.24) is 20.2 Å². The third kappa shape index (κ3) is 3.79. The Morgan fingerprint density at radius 1 is 1.28 bits per heavy atom. The van der Waals surface area contributed by atoms with Gasteiger partial charge in [0, 0.05) is 5.69 Å². The summed E-state index contributed by atoms with van der Waals surface area (Å²) in [6, 6.07) is 11.5. The Morgan fingerprint density at radius 2 is 2.12 bits per heavy atom. The van der Waals surface area contributed by atoms with E-state index < -0.39 is 5.82 Å². The molecule has 3 aromatic rings. The van der Waals surface area contributed by atoms with Gasteiger partial charge in [-0.2, -0.15) is 4.68 Å². The van der Waals surface area contributed by atoms with Gasteiger partial charge in [0.2, 0.25) is 5.91 Å². The van der Waals surface area contributed by atoms with Gasteiger partial charge in [-0.25, -0.2) is 4.39 Å². The second-order valence-corrected chi connectivity index (χ2v) is 5.38. The van der Waals surface area contributed by atoms with Crippen molar-refractivity contribution in [3.05, 3.63) is 59.7 Å². The van der Waals surface area contributed by atoms with Gasteiger partial charge in [-0.1, -0.05) is 12.1 Å². The van der Waals surface area contributed by atoms with E-state index in [0.717, 1.165) is 5.56 Å². The molecule has 1 heterocycles. The van der Waals surface area contributed by atoms with Crippen LogP contribution in [0.1, 0.15) is 11.4 Å². The number of benzene rings is 2. The molecule has 0 bridgehead atoms. The van der Waals surface area contributed by atoms with Crippen molar-refractivity contribution in [2.75, 3.05) is 12.4 Å². The van der Waals surface area contributed by atoms with Gasteiger partial charge in [0.15, 0.2) is 5.82 Å². The van der Waals surface area contributed by atoms with Crippen LogP contribution in [-0.4, -0.2) is 33.2 Å². The van der Waals surface area contributed by atoms with Crippen molar-refractivity contribution in [2.24, 2.45) is 0 Å². The third-order valence-electron chi connectivity index (χ3n) is 3.58. The summed E-state index contributed by atoms with van der Waals surface area (Å²) in [5.41, 5.74) is 1.44. The second kappa shape index (κ2) is 7.08. The van der Waals surface area contributed by atoms with Crippen LogP contribution in [0.2, 0.25) is 0 Å². The molecule has 2 aromatic carbocycles. The lowest BCUT2D eigenvalue weighted by Crippen LogP contribution is -2.15. The molecule has 1 amide bonds. The summed E-state index contributed by atoms with van der Waals surface area (Å²) in [7, 11) is 1.57. The van der Waals surface area contributed by atoms with Gasteiger partial charge in [-0.3, -0.25) is 4.79 Å². The second-order valence-electron chi connectivity index (χ2n) is 5.38. The van der Waals surface area contributed by atoms with E-state index in [9.17, 15) is 9.18 Å². The maximum absolute atomic E-state index is 14.0. The number of aryl methyl sites for hydroxylation is 1. The molecule has 0 aliphatic rings. The molecule has 0 atom stereocenters. The molecule has 0 aliphatic carbocycles. The van der Waals surface area contributed by atoms with Crippen molar-refractivity contribution >= 4 is 11.6 Å². The number of amides is 1. The molecule has 1 N–H and O–H groups in total. The molecular weight excluding hydrogens is 325 g/mol. The maximum Gasteiger partial charge on any atom is 0.228 e. The summed E-state index contributed by atoms with van der Waals surface area (Å²) in [5, 5.41) is 13.7. The largest absolute Gasteiger partial charge is 0.497 e. The number of rotatable bonds is 5. The normalized spacial score (nSPS) is 10.5. The molecule has 0 unspecified atom stereocenters. The van der Waals surface area contributed by atoms with Crippen LogP contribution < -0.4 is 10.1 Å². The number of carbonyl (C=O) groups excluding carboxylic acids is 1. The minimum atomic E-state index is -0.485. The predicted molar refractivity (Wildman–Crippen MR) is 89.2 cm³/mol. The number of halogens is 1. The zero-order chi connectivity index (χ0) is 17.8. The minimum absolute atomic E-state index is 0.168. The molecule has 8 heteroatoms. The van der Waals surface area contributed by atoms with Gasteiger partial charge < -0.3 is 10.1 Å². The Hall–Kier alpha value is -3.29. The Kier molecular flexibility index (Phi) is 4.69. The molecule has 0 aliphatic heterocycles. The smallest absolute Gasteiger partial charge is 0.228 e. The first kappa shape index (κ1) is 16.6. The highest BCUT2D eigenvalue weighted by molar-refractivity contribution is 5.92. The van der Waals surface area contributed by atoms with Crippen LogP contribution in [0.4, 0.5) is 10.1 Å². The van der Waals surface area contributed by atoms with Gasteiger partial charge >= 0.3 is 0 Å². The van der Waals surface area contributed by atoms with Crippen LogP contribution in [0, 0.1) is 12.7 Å². The number of carbonyl (C=O) groups is 1. The number of ether oxygens (including phenoxy) is 1. The number of nitrogens with zero attached hydrogens (tertiary/aromatic N) is 4. The fourth-order valence-corrected chi connectivity index (χ4v) is 2.38. The third-order valence-corrected chi connectivity index (χ3v) is 3.58. The van der Waals surface area contributed by atoms with Crippen LogP contribution in [-0.2, 0) is 11.2 Å². The molecular formula is C17H16FN5O2. The first-order chi connectivity index (χ1) is 12.1. The Morgan fingerprint density at radius 3 is 2.84 bits per heavy atom. The zero-order valence-electron chi connectivity index (χ0n) is 13.7. The lowest BCUT2D eigenvalue weighted by Gasteiger charge is -2.09. The predicted octanol–water partition coefficient (Wildman–Crippen LogP) is 2.30. The van der Waals surface area contributed by atoms with Crippen LogP contribution in [0.5, 0.6) is 5.75 Å². The van der Waals surface area contributed by atoms with Crippen molar-refractivity contribution in [2.45, 2.75) is 13.3 Å². The van der Waals surface area contributed by atoms with Crippen LogP contribution in [0.3, 0.4) is 0 Å². The van der Waals surface area contributed by atoms with Crippen LogP contribution >= 0.6 is 0 Å². The highest BCUT2D eigenvalue weighted by Crippen LogP contribution is 2.19. The molecule has 0 radical (unpaired) electrons. The van der Waals surface area contributed by atoms with Gasteiger partial charge in [0.1, 0.15) is 17.3 Å². The highest BCUT2D eigenvalue weighted by Gasteiger charge is 2.12. The summed E-state index contributed by atoms with van der Waals surface area (Å²) in [4.78, 5) is 12.2. The van der Waals surface area contributed by atoms with Crippen molar-refractivity contribution in [3.63, 3.8) is 0 Å². The summed E-state index contributed by atoms with van der Waals surface area (Å²) >= 11 is 0. The number of methoxy groups -OCH3 is 1. The van der Waals surface area contributed by atoms with Crippen molar-refractivity contribution in [1.29, 1.82) is 0 Å². The van der Waals surface area contributed by atoms with Gasteiger partial charge in [0.25, 0.3) is 0 Å². The minimum Gasteiger partial charge on any atom is -0.497 e.